The van der Waals surface area contributed by atoms with Gasteiger partial charge in [-0.2, -0.15) is 0 Å². The van der Waals surface area contributed by atoms with Gasteiger partial charge in [0, 0.05) is 27.6 Å². The number of aromatic carboxylic acids is 1. The van der Waals surface area contributed by atoms with Gasteiger partial charge in [0.2, 0.25) is 11.3 Å². The summed E-state index contributed by atoms with van der Waals surface area (Å²) >= 11 is 1.71. The highest BCUT2D eigenvalue weighted by atomic mass is 32.1. The van der Waals surface area contributed by atoms with Gasteiger partial charge >= 0.3 is 5.97 Å². The second-order valence-corrected chi connectivity index (χ2v) is 11.4. The van der Waals surface area contributed by atoms with E-state index in [0.717, 1.165) is 68.4 Å². The maximum atomic E-state index is 13.0. The van der Waals surface area contributed by atoms with Crippen LogP contribution in [0.4, 0.5) is 0 Å². The predicted molar refractivity (Wildman–Crippen MR) is 143 cm³/mol. The van der Waals surface area contributed by atoms with Gasteiger partial charge in [0.05, 0.1) is 30.1 Å². The molecule has 3 aliphatic rings. The first-order valence-corrected chi connectivity index (χ1v) is 13.9. The number of nitrogens with zero attached hydrogens (tertiary/aromatic N) is 1. The van der Waals surface area contributed by atoms with Gasteiger partial charge < -0.3 is 25.0 Å². The second-order valence-electron chi connectivity index (χ2n) is 10.3. The van der Waals surface area contributed by atoms with Crippen molar-refractivity contribution in [3.05, 3.63) is 50.6 Å². The molecule has 1 amide bonds. The van der Waals surface area contributed by atoms with E-state index < -0.39 is 11.4 Å². The first-order valence-electron chi connectivity index (χ1n) is 13.1. The smallest absolute Gasteiger partial charge is 0.341 e. The standard InChI is InChI=1S/C28H31N3O5S/c1-36-26-16(10-11-17-24(26)31(15-8-9-15)14-19(25(17)32)28(34)35)23-13-18-20(6-4-7-22(18)37-23)30-27(33)21-5-2-3-12-29-21/h10-11,13-15,20-21,29H,2-9,12H2,1H3,(H,30,33)(H,34,35). The first-order chi connectivity index (χ1) is 18.0. The fraction of sp³-hybridized carbons (Fsp3) is 0.464. The number of ether oxygens (including phenoxy) is 1. The Balaban J connectivity index is 1.41. The Kier molecular flexibility index (Phi) is 6.28. The molecule has 6 rings (SSSR count). The number of rotatable bonds is 6. The summed E-state index contributed by atoms with van der Waals surface area (Å²) in [5.41, 5.74) is 1.99. The van der Waals surface area contributed by atoms with Gasteiger partial charge in [0.15, 0.2) is 5.75 Å². The zero-order chi connectivity index (χ0) is 25.7. The minimum atomic E-state index is -1.22. The Morgan fingerprint density at radius 2 is 2.00 bits per heavy atom. The molecule has 2 fully saturated rings. The fourth-order valence-electron chi connectivity index (χ4n) is 5.80. The largest absolute Gasteiger partial charge is 0.494 e. The number of benzene rings is 1. The molecule has 2 aliphatic carbocycles. The van der Waals surface area contributed by atoms with Gasteiger partial charge in [-0.1, -0.05) is 6.42 Å². The van der Waals surface area contributed by atoms with Crippen LogP contribution in [-0.4, -0.2) is 41.2 Å². The molecule has 1 aliphatic heterocycles. The van der Waals surface area contributed by atoms with Crippen LogP contribution in [0.15, 0.2) is 29.2 Å². The molecule has 1 aromatic carbocycles. The molecular weight excluding hydrogens is 490 g/mol. The Hall–Kier alpha value is -3.17. The molecule has 9 heteroatoms. The van der Waals surface area contributed by atoms with Crippen molar-refractivity contribution in [3.63, 3.8) is 0 Å². The third kappa shape index (κ3) is 4.34. The van der Waals surface area contributed by atoms with E-state index in [2.05, 4.69) is 16.7 Å². The van der Waals surface area contributed by atoms with Crippen molar-refractivity contribution in [3.8, 4) is 16.2 Å². The van der Waals surface area contributed by atoms with E-state index in [0.29, 0.717) is 16.7 Å². The number of carbonyl (C=O) groups excluding carboxylic acids is 1. The fourth-order valence-corrected chi connectivity index (χ4v) is 7.09. The summed E-state index contributed by atoms with van der Waals surface area (Å²) in [5, 5.41) is 16.6. The summed E-state index contributed by atoms with van der Waals surface area (Å²) in [4.78, 5) is 40.0. The molecule has 3 heterocycles. The quantitative estimate of drug-likeness (QED) is 0.443. The number of aryl methyl sites for hydroxylation is 1. The summed E-state index contributed by atoms with van der Waals surface area (Å²) in [6, 6.07) is 5.78. The molecule has 37 heavy (non-hydrogen) atoms. The highest BCUT2D eigenvalue weighted by Crippen LogP contribution is 2.46. The average Bonchev–Trinajstić information content (AvgIpc) is 3.66. The average molecular weight is 522 g/mol. The number of aromatic nitrogens is 1. The van der Waals surface area contributed by atoms with Crippen molar-refractivity contribution < 1.29 is 19.4 Å². The number of piperidine rings is 1. The predicted octanol–water partition coefficient (Wildman–Crippen LogP) is 4.41. The van der Waals surface area contributed by atoms with E-state index >= 15 is 0 Å². The number of nitrogens with one attached hydrogen (secondary N) is 2. The van der Waals surface area contributed by atoms with Crippen LogP contribution < -0.4 is 20.8 Å². The number of fused-ring (bicyclic) bond motifs is 2. The molecule has 3 N–H and O–H groups in total. The number of carbonyl (C=O) groups is 2. The van der Waals surface area contributed by atoms with Crippen LogP contribution in [-0.2, 0) is 11.2 Å². The number of pyridine rings is 1. The summed E-state index contributed by atoms with van der Waals surface area (Å²) < 4.78 is 7.82. The van der Waals surface area contributed by atoms with Crippen molar-refractivity contribution in [2.24, 2.45) is 0 Å². The van der Waals surface area contributed by atoms with Gasteiger partial charge in [-0.25, -0.2) is 4.79 Å². The summed E-state index contributed by atoms with van der Waals surface area (Å²) in [6.07, 6.45) is 9.32. The lowest BCUT2D eigenvalue weighted by atomic mass is 9.92. The highest BCUT2D eigenvalue weighted by molar-refractivity contribution is 7.15. The summed E-state index contributed by atoms with van der Waals surface area (Å²) in [7, 11) is 1.60. The minimum Gasteiger partial charge on any atom is -0.494 e. The van der Waals surface area contributed by atoms with E-state index in [9.17, 15) is 19.5 Å². The van der Waals surface area contributed by atoms with Crippen molar-refractivity contribution in [2.45, 2.75) is 69.5 Å². The first kappa shape index (κ1) is 24.2. The van der Waals surface area contributed by atoms with Crippen LogP contribution in [0.25, 0.3) is 21.3 Å². The van der Waals surface area contributed by atoms with Gasteiger partial charge in [-0.05, 0) is 75.3 Å². The van der Waals surface area contributed by atoms with Crippen molar-refractivity contribution >= 4 is 34.1 Å². The third-order valence-corrected chi connectivity index (χ3v) is 9.09. The van der Waals surface area contributed by atoms with Crippen molar-refractivity contribution in [1.29, 1.82) is 0 Å². The molecule has 2 aromatic heterocycles. The molecule has 8 nitrogen and oxygen atoms in total. The Morgan fingerprint density at radius 1 is 1.16 bits per heavy atom. The van der Waals surface area contributed by atoms with Gasteiger partial charge in [-0.15, -0.1) is 11.3 Å². The topological polar surface area (TPSA) is 110 Å². The van der Waals surface area contributed by atoms with Gasteiger partial charge in [0.1, 0.15) is 5.56 Å². The van der Waals surface area contributed by atoms with E-state index in [-0.39, 0.29) is 29.6 Å². The van der Waals surface area contributed by atoms with E-state index in [1.807, 2.05) is 10.6 Å². The van der Waals surface area contributed by atoms with Crippen molar-refractivity contribution in [2.75, 3.05) is 13.7 Å². The molecule has 2 atom stereocenters. The number of amides is 1. The number of hydrogen-bond donors (Lipinski definition) is 3. The number of thiophene rings is 1. The second kappa shape index (κ2) is 9.61. The highest BCUT2D eigenvalue weighted by Gasteiger charge is 2.31. The summed E-state index contributed by atoms with van der Waals surface area (Å²) in [5.74, 6) is -0.549. The van der Waals surface area contributed by atoms with Crippen LogP contribution in [0.1, 0.15) is 77.8 Å². The summed E-state index contributed by atoms with van der Waals surface area (Å²) in [6.45, 7) is 0.887. The third-order valence-electron chi connectivity index (χ3n) is 7.84. The van der Waals surface area contributed by atoms with Crippen LogP contribution in [0, 0.1) is 0 Å². The molecular formula is C28H31N3O5S. The number of methoxy groups -OCH3 is 1. The minimum absolute atomic E-state index is 0.0146. The van der Waals surface area contributed by atoms with Gasteiger partial charge in [-0.3, -0.25) is 9.59 Å². The van der Waals surface area contributed by atoms with Gasteiger partial charge in [0.25, 0.3) is 0 Å². The number of carboxylic acids is 1. The van der Waals surface area contributed by atoms with E-state index in [1.54, 1.807) is 24.5 Å². The Bertz CT molecular complexity index is 1450. The zero-order valence-electron chi connectivity index (χ0n) is 20.8. The van der Waals surface area contributed by atoms with Crippen molar-refractivity contribution in [1.82, 2.24) is 15.2 Å². The van der Waals surface area contributed by atoms with Crippen LogP contribution >= 0.6 is 11.3 Å². The maximum Gasteiger partial charge on any atom is 0.341 e. The lowest BCUT2D eigenvalue weighted by Crippen LogP contribution is -2.47. The molecule has 194 valence electrons. The number of carboxylic acid groups (broad SMARTS) is 1. The molecule has 0 radical (unpaired) electrons. The maximum absolute atomic E-state index is 13.0. The molecule has 3 aromatic rings. The van der Waals surface area contributed by atoms with Crippen LogP contribution in [0.3, 0.4) is 0 Å². The monoisotopic (exact) mass is 521 g/mol. The van der Waals surface area contributed by atoms with E-state index in [4.69, 9.17) is 4.74 Å². The zero-order valence-corrected chi connectivity index (χ0v) is 21.7. The lowest BCUT2D eigenvalue weighted by Gasteiger charge is -2.28. The molecule has 0 bridgehead atoms. The number of hydrogen-bond acceptors (Lipinski definition) is 6. The molecule has 1 saturated carbocycles. The molecule has 0 spiro atoms. The van der Waals surface area contributed by atoms with Crippen LogP contribution in [0.2, 0.25) is 0 Å². The SMILES string of the molecule is COc1c(-c2cc3c(s2)CCCC3NC(=O)C2CCCCN2)ccc2c(=O)c(C(=O)O)cn(C3CC3)c12. The Morgan fingerprint density at radius 3 is 2.70 bits per heavy atom. The molecule has 1 saturated heterocycles. The van der Waals surface area contributed by atoms with E-state index in [1.165, 1.54) is 16.6 Å². The van der Waals surface area contributed by atoms with Crippen LogP contribution in [0.5, 0.6) is 5.75 Å². The normalized spacial score (nSPS) is 21.4. The molecule has 2 unspecified atom stereocenters. The lowest BCUT2D eigenvalue weighted by molar-refractivity contribution is -0.124. The Labute approximate surface area is 218 Å².